The molecule has 1 saturated heterocycles. The Balaban J connectivity index is 1.22. The van der Waals surface area contributed by atoms with Crippen LogP contribution in [0.3, 0.4) is 0 Å². The van der Waals surface area contributed by atoms with Crippen molar-refractivity contribution in [2.24, 2.45) is 0 Å². The maximum absolute atomic E-state index is 13.3. The van der Waals surface area contributed by atoms with Crippen molar-refractivity contribution in [1.29, 1.82) is 0 Å². The highest BCUT2D eigenvalue weighted by atomic mass is 16.6. The first kappa shape index (κ1) is 34.2. The Morgan fingerprint density at radius 3 is 2.58 bits per heavy atom. The Bertz CT molecular complexity index is 1960. The van der Waals surface area contributed by atoms with Gasteiger partial charge in [-0.25, -0.2) is 9.78 Å². The van der Waals surface area contributed by atoms with E-state index < -0.39 is 0 Å². The molecule has 0 bridgehead atoms. The Morgan fingerprint density at radius 2 is 1.90 bits per heavy atom. The number of ketones is 1. The number of pyridine rings is 1. The minimum atomic E-state index is -0.359. The van der Waals surface area contributed by atoms with E-state index in [1.54, 1.807) is 22.2 Å². The molecule has 3 atom stereocenters. The second-order valence-electron chi connectivity index (χ2n) is 12.7. The molecule has 50 heavy (non-hydrogen) atoms. The Labute approximate surface area is 290 Å². The van der Waals surface area contributed by atoms with Gasteiger partial charge >= 0.3 is 6.09 Å². The van der Waals surface area contributed by atoms with Crippen molar-refractivity contribution in [1.82, 2.24) is 44.6 Å². The summed E-state index contributed by atoms with van der Waals surface area (Å²) in [5, 5.41) is 12.2. The van der Waals surface area contributed by atoms with Crippen LogP contribution in [0.15, 0.2) is 61.2 Å². The van der Waals surface area contributed by atoms with Gasteiger partial charge in [-0.1, -0.05) is 43.3 Å². The van der Waals surface area contributed by atoms with Crippen LogP contribution in [-0.2, 0) is 17.8 Å². The molecule has 0 radical (unpaired) electrons. The number of nitrogen functional groups attached to an aromatic ring is 1. The zero-order chi connectivity index (χ0) is 35.4. The summed E-state index contributed by atoms with van der Waals surface area (Å²) >= 11 is 0. The van der Waals surface area contributed by atoms with E-state index in [0.29, 0.717) is 41.9 Å². The number of amides is 2. The number of nitrogens with one attached hydrogen (secondary N) is 1. The number of nitrogens with two attached hydrogens (primary N) is 1. The average molecular weight is 679 g/mol. The minimum absolute atomic E-state index is 0.0523. The van der Waals surface area contributed by atoms with Gasteiger partial charge in [-0.15, -0.1) is 10.2 Å². The summed E-state index contributed by atoms with van der Waals surface area (Å²) in [4.78, 5) is 55.2. The van der Waals surface area contributed by atoms with Gasteiger partial charge in [0.2, 0.25) is 5.82 Å². The number of Topliss-reactive ketones (excluding diaryl/α,β-unsaturated/α-hetero) is 1. The predicted octanol–water partition coefficient (Wildman–Crippen LogP) is 5.43. The van der Waals surface area contributed by atoms with Crippen LogP contribution in [0, 0.1) is 0 Å². The van der Waals surface area contributed by atoms with Crippen LogP contribution in [0.2, 0.25) is 0 Å². The number of likely N-dealkylation sites (tertiary alicyclic amines) is 1. The van der Waals surface area contributed by atoms with Crippen molar-refractivity contribution >= 4 is 29.2 Å². The van der Waals surface area contributed by atoms with Crippen molar-refractivity contribution in [3.05, 3.63) is 89.5 Å². The van der Waals surface area contributed by atoms with Gasteiger partial charge in [-0.05, 0) is 64.5 Å². The molecule has 1 aliphatic rings. The molecule has 5 aromatic rings. The molecule has 2 amide bonds. The van der Waals surface area contributed by atoms with Gasteiger partial charge in [0.1, 0.15) is 18.8 Å². The maximum atomic E-state index is 13.3. The SMILES string of the molecule is CC[C@H](C)N(C(=O)c1nnc[nH]1)[C@H](C)CCc1nc2c(-c3ccc(C4CCCN4C(=O)OCc4ccccc4)nc3)cnn2c(N)c1C(C)=O. The summed E-state index contributed by atoms with van der Waals surface area (Å²) in [6.07, 6.45) is 7.75. The Hall–Kier alpha value is -5.66. The third-order valence-electron chi connectivity index (χ3n) is 9.43. The van der Waals surface area contributed by atoms with Crippen molar-refractivity contribution in [2.75, 3.05) is 12.3 Å². The summed E-state index contributed by atoms with van der Waals surface area (Å²) < 4.78 is 7.09. The predicted molar refractivity (Wildman–Crippen MR) is 186 cm³/mol. The standard InChI is InChI=1S/C36H42N10O4/c1-5-22(2)45(35(48)33-39-21-40-43-33)23(3)13-15-29-31(24(4)47)32(37)46-34(42-29)27(19-41-46)26-14-16-28(38-18-26)30-12-9-17-44(30)36(49)50-20-25-10-7-6-8-11-25/h6-8,10-11,14,16,18-19,21-23,30H,5,9,12-13,15,17,20,37H2,1-4H3,(H,39,40,43)/t22-,23+,30?/m0/s1. The van der Waals surface area contributed by atoms with Gasteiger partial charge in [0.05, 0.1) is 29.2 Å². The number of H-pyrrole nitrogens is 1. The normalized spacial score (nSPS) is 15.6. The fraction of sp³-hybridized carbons (Fsp3) is 0.389. The van der Waals surface area contributed by atoms with Gasteiger partial charge < -0.3 is 20.4 Å². The molecule has 0 saturated carbocycles. The van der Waals surface area contributed by atoms with Gasteiger partial charge in [0.15, 0.2) is 11.4 Å². The summed E-state index contributed by atoms with van der Waals surface area (Å²) in [5.41, 5.74) is 11.1. The number of fused-ring (bicyclic) bond motifs is 1. The second kappa shape index (κ2) is 14.8. The summed E-state index contributed by atoms with van der Waals surface area (Å²) in [6, 6.07) is 13.0. The molecular weight excluding hydrogens is 636 g/mol. The lowest BCUT2D eigenvalue weighted by atomic mass is 10.0. The van der Waals surface area contributed by atoms with E-state index in [2.05, 4.69) is 20.3 Å². The van der Waals surface area contributed by atoms with Gasteiger partial charge in [-0.2, -0.15) is 9.61 Å². The number of nitrogens with zero attached hydrogens (tertiary/aromatic N) is 8. The average Bonchev–Trinajstić information content (AvgIpc) is 3.92. The lowest BCUT2D eigenvalue weighted by molar-refractivity contribution is 0.0580. The monoisotopic (exact) mass is 678 g/mol. The van der Waals surface area contributed by atoms with E-state index in [1.807, 2.05) is 63.2 Å². The number of aromatic amines is 1. The Morgan fingerprint density at radius 1 is 1.10 bits per heavy atom. The zero-order valence-electron chi connectivity index (χ0n) is 28.7. The summed E-state index contributed by atoms with van der Waals surface area (Å²) in [5.74, 6) is -0.0777. The number of ether oxygens (including phenoxy) is 1. The van der Waals surface area contributed by atoms with Gasteiger partial charge in [0, 0.05) is 36.0 Å². The first-order valence-corrected chi connectivity index (χ1v) is 17.0. The van der Waals surface area contributed by atoms with Crippen molar-refractivity contribution < 1.29 is 19.1 Å². The number of anilines is 1. The number of hydrogen-bond donors (Lipinski definition) is 2. The van der Waals surface area contributed by atoms with Crippen LogP contribution in [0.1, 0.15) is 97.3 Å². The number of aromatic nitrogens is 7. The Kier molecular flexibility index (Phi) is 10.2. The van der Waals surface area contributed by atoms with Crippen molar-refractivity contribution in [3.8, 4) is 11.1 Å². The fourth-order valence-electron chi connectivity index (χ4n) is 6.64. The van der Waals surface area contributed by atoms with Crippen LogP contribution in [0.25, 0.3) is 16.8 Å². The number of rotatable bonds is 12. The molecule has 1 fully saturated rings. The molecule has 3 N–H and O–H groups in total. The van der Waals surface area contributed by atoms with Gasteiger partial charge in [-0.3, -0.25) is 19.5 Å². The van der Waals surface area contributed by atoms with E-state index in [9.17, 15) is 14.4 Å². The quantitative estimate of drug-likeness (QED) is 0.162. The number of aryl methyl sites for hydroxylation is 1. The van der Waals surface area contributed by atoms with E-state index >= 15 is 0 Å². The first-order valence-electron chi connectivity index (χ1n) is 17.0. The highest BCUT2D eigenvalue weighted by Crippen LogP contribution is 2.34. The topological polar surface area (TPSA) is 178 Å². The van der Waals surface area contributed by atoms with Crippen molar-refractivity contribution in [2.45, 2.75) is 84.5 Å². The number of hydrogen-bond acceptors (Lipinski definition) is 10. The van der Waals surface area contributed by atoms with E-state index in [1.165, 1.54) is 17.8 Å². The van der Waals surface area contributed by atoms with E-state index in [0.717, 1.165) is 36.1 Å². The molecule has 1 aromatic carbocycles. The molecule has 6 rings (SSSR count). The smallest absolute Gasteiger partial charge is 0.410 e. The third kappa shape index (κ3) is 6.91. The fourth-order valence-corrected chi connectivity index (χ4v) is 6.64. The maximum Gasteiger partial charge on any atom is 0.410 e. The van der Waals surface area contributed by atoms with Crippen LogP contribution in [0.4, 0.5) is 10.6 Å². The molecule has 4 aromatic heterocycles. The molecule has 0 spiro atoms. The lowest BCUT2D eigenvalue weighted by Crippen LogP contribution is -2.45. The van der Waals surface area contributed by atoms with E-state index in [-0.39, 0.29) is 54.2 Å². The summed E-state index contributed by atoms with van der Waals surface area (Å²) in [7, 11) is 0. The second-order valence-corrected chi connectivity index (χ2v) is 12.7. The van der Waals surface area contributed by atoms with Crippen molar-refractivity contribution in [3.63, 3.8) is 0 Å². The molecule has 0 aliphatic carbocycles. The number of carbonyl (C=O) groups is 3. The molecule has 14 heteroatoms. The van der Waals surface area contributed by atoms with Gasteiger partial charge in [0.25, 0.3) is 5.91 Å². The highest BCUT2D eigenvalue weighted by molar-refractivity contribution is 6.00. The molecule has 5 heterocycles. The van der Waals surface area contributed by atoms with Crippen LogP contribution < -0.4 is 5.73 Å². The van der Waals surface area contributed by atoms with Crippen LogP contribution >= 0.6 is 0 Å². The number of carbonyl (C=O) groups excluding carboxylic acids is 3. The minimum Gasteiger partial charge on any atom is -0.445 e. The largest absolute Gasteiger partial charge is 0.445 e. The number of benzene rings is 1. The molecule has 260 valence electrons. The molecule has 1 unspecified atom stereocenters. The molecular formula is C36H42N10O4. The molecule has 1 aliphatic heterocycles. The molecule has 14 nitrogen and oxygen atoms in total. The zero-order valence-corrected chi connectivity index (χ0v) is 28.7. The third-order valence-corrected chi connectivity index (χ3v) is 9.43. The lowest BCUT2D eigenvalue weighted by Gasteiger charge is -2.33. The highest BCUT2D eigenvalue weighted by Gasteiger charge is 2.32. The summed E-state index contributed by atoms with van der Waals surface area (Å²) in [6.45, 7) is 8.26. The van der Waals surface area contributed by atoms with Crippen LogP contribution in [-0.4, -0.2) is 81.0 Å². The van der Waals surface area contributed by atoms with Crippen LogP contribution in [0.5, 0.6) is 0 Å². The first-order chi connectivity index (χ1) is 24.2. The van der Waals surface area contributed by atoms with E-state index in [4.69, 9.17) is 20.4 Å².